The predicted octanol–water partition coefficient (Wildman–Crippen LogP) is 1.81. The van der Waals surface area contributed by atoms with Crippen molar-refractivity contribution in [3.05, 3.63) is 36.4 Å². The first-order valence-electron chi connectivity index (χ1n) is 5.04. The van der Waals surface area contributed by atoms with E-state index in [4.69, 9.17) is 27.7 Å². The summed E-state index contributed by atoms with van der Waals surface area (Å²) in [5, 5.41) is 0. The average Bonchev–Trinajstić information content (AvgIpc) is 2.27. The second kappa shape index (κ2) is 4.13. The molecule has 2 rings (SSSR count). The van der Waals surface area contributed by atoms with Gasteiger partial charge in [-0.15, -0.1) is 0 Å². The van der Waals surface area contributed by atoms with Crippen LogP contribution in [0.5, 0.6) is 11.5 Å². The van der Waals surface area contributed by atoms with Crippen LogP contribution in [0, 0.1) is 0 Å². The van der Waals surface area contributed by atoms with Crippen molar-refractivity contribution >= 4 is 22.7 Å². The molecule has 0 bridgehead atoms. The number of anilines is 4. The molecule has 0 heterocycles. The van der Waals surface area contributed by atoms with E-state index in [2.05, 4.69) is 0 Å². The smallest absolute Gasteiger partial charge is 0.150 e. The monoisotopic (exact) mass is 230 g/mol. The van der Waals surface area contributed by atoms with E-state index in [1.165, 1.54) is 0 Å². The van der Waals surface area contributed by atoms with Crippen molar-refractivity contribution in [1.29, 1.82) is 0 Å². The summed E-state index contributed by atoms with van der Waals surface area (Å²) in [5.41, 5.74) is 24.7. The lowest BCUT2D eigenvalue weighted by molar-refractivity contribution is 0.485. The molecule has 2 aromatic carbocycles. The molecule has 0 saturated carbocycles. The van der Waals surface area contributed by atoms with Gasteiger partial charge in [0.2, 0.25) is 0 Å². The van der Waals surface area contributed by atoms with Gasteiger partial charge in [0.1, 0.15) is 11.5 Å². The van der Waals surface area contributed by atoms with Crippen LogP contribution in [-0.4, -0.2) is 0 Å². The highest BCUT2D eigenvalue weighted by molar-refractivity contribution is 5.66. The molecule has 2 aromatic rings. The summed E-state index contributed by atoms with van der Waals surface area (Å²) >= 11 is 0. The van der Waals surface area contributed by atoms with E-state index >= 15 is 0 Å². The number of nitrogen functional groups attached to an aromatic ring is 4. The molecule has 0 atom stereocenters. The quantitative estimate of drug-likeness (QED) is 0.587. The van der Waals surface area contributed by atoms with Crippen molar-refractivity contribution < 1.29 is 4.74 Å². The summed E-state index contributed by atoms with van der Waals surface area (Å²) in [6.07, 6.45) is 0. The molecule has 88 valence electrons. The Bertz CT molecular complexity index is 554. The van der Waals surface area contributed by atoms with Crippen LogP contribution in [0.15, 0.2) is 36.4 Å². The van der Waals surface area contributed by atoms with Crippen LogP contribution in [0.1, 0.15) is 0 Å². The standard InChI is InChI=1S/C12H14N4O/c13-7-1-4-12(11(16)5-7)17-8-2-3-9(14)10(15)6-8/h1-6H,13-16H2. The zero-order valence-electron chi connectivity index (χ0n) is 9.18. The van der Waals surface area contributed by atoms with Crippen LogP contribution in [0.25, 0.3) is 0 Å². The molecule has 0 aliphatic heterocycles. The molecule has 0 spiro atoms. The molecule has 0 unspecified atom stereocenters. The van der Waals surface area contributed by atoms with E-state index in [0.29, 0.717) is 34.2 Å². The Morgan fingerprint density at radius 2 is 1.47 bits per heavy atom. The van der Waals surface area contributed by atoms with Crippen molar-refractivity contribution in [3.8, 4) is 11.5 Å². The van der Waals surface area contributed by atoms with Crippen LogP contribution < -0.4 is 27.7 Å². The molecule has 5 heteroatoms. The maximum Gasteiger partial charge on any atom is 0.150 e. The molecule has 8 N–H and O–H groups in total. The highest BCUT2D eigenvalue weighted by Gasteiger charge is 2.04. The Hall–Kier alpha value is -2.56. The van der Waals surface area contributed by atoms with E-state index in [1.807, 2.05) is 0 Å². The second-order valence-corrected chi connectivity index (χ2v) is 3.69. The molecular formula is C12H14N4O. The second-order valence-electron chi connectivity index (χ2n) is 3.69. The summed E-state index contributed by atoms with van der Waals surface area (Å²) < 4.78 is 5.58. The molecule has 0 amide bonds. The molecule has 0 aliphatic carbocycles. The first-order valence-corrected chi connectivity index (χ1v) is 5.04. The maximum absolute atomic E-state index is 5.78. The van der Waals surface area contributed by atoms with Crippen LogP contribution in [0.4, 0.5) is 22.7 Å². The Balaban J connectivity index is 2.28. The molecule has 0 radical (unpaired) electrons. The number of hydrogen-bond donors (Lipinski definition) is 4. The van der Waals surface area contributed by atoms with E-state index < -0.39 is 0 Å². The van der Waals surface area contributed by atoms with Gasteiger partial charge in [0, 0.05) is 11.8 Å². The Kier molecular flexibility index (Phi) is 2.66. The van der Waals surface area contributed by atoms with Gasteiger partial charge in [0.25, 0.3) is 0 Å². The third-order valence-corrected chi connectivity index (χ3v) is 2.32. The van der Waals surface area contributed by atoms with E-state index in [-0.39, 0.29) is 0 Å². The minimum Gasteiger partial charge on any atom is -0.455 e. The van der Waals surface area contributed by atoms with Crippen LogP contribution in [0.3, 0.4) is 0 Å². The van der Waals surface area contributed by atoms with Gasteiger partial charge in [-0.3, -0.25) is 0 Å². The van der Waals surface area contributed by atoms with E-state index in [0.717, 1.165) is 0 Å². The summed E-state index contributed by atoms with van der Waals surface area (Å²) in [5.74, 6) is 1.11. The predicted molar refractivity (Wildman–Crippen MR) is 70.6 cm³/mol. The molecule has 0 aliphatic rings. The van der Waals surface area contributed by atoms with Gasteiger partial charge in [-0.25, -0.2) is 0 Å². The minimum atomic E-state index is 0.469. The fourth-order valence-electron chi connectivity index (χ4n) is 1.40. The van der Waals surface area contributed by atoms with Gasteiger partial charge >= 0.3 is 0 Å². The Morgan fingerprint density at radius 3 is 2.12 bits per heavy atom. The van der Waals surface area contributed by atoms with Crippen molar-refractivity contribution in [2.75, 3.05) is 22.9 Å². The molecule has 5 nitrogen and oxygen atoms in total. The molecular weight excluding hydrogens is 216 g/mol. The molecule has 0 fully saturated rings. The van der Waals surface area contributed by atoms with Gasteiger partial charge < -0.3 is 27.7 Å². The number of ether oxygens (including phenoxy) is 1. The van der Waals surface area contributed by atoms with Gasteiger partial charge in [0.05, 0.1) is 17.1 Å². The Labute approximate surface area is 99.0 Å². The van der Waals surface area contributed by atoms with E-state index in [9.17, 15) is 0 Å². The lowest BCUT2D eigenvalue weighted by Gasteiger charge is -2.10. The third-order valence-electron chi connectivity index (χ3n) is 2.32. The molecule has 17 heavy (non-hydrogen) atoms. The number of benzene rings is 2. The van der Waals surface area contributed by atoms with Crippen molar-refractivity contribution in [2.45, 2.75) is 0 Å². The topological polar surface area (TPSA) is 113 Å². The van der Waals surface area contributed by atoms with Crippen molar-refractivity contribution in [2.24, 2.45) is 0 Å². The largest absolute Gasteiger partial charge is 0.455 e. The van der Waals surface area contributed by atoms with Crippen LogP contribution >= 0.6 is 0 Å². The summed E-state index contributed by atoms with van der Waals surface area (Å²) in [7, 11) is 0. The van der Waals surface area contributed by atoms with Crippen LogP contribution in [0.2, 0.25) is 0 Å². The molecule has 0 saturated heterocycles. The SMILES string of the molecule is Nc1ccc(Oc2ccc(N)c(N)c2)c(N)c1. The van der Waals surface area contributed by atoms with Gasteiger partial charge in [0.15, 0.2) is 0 Å². The zero-order chi connectivity index (χ0) is 12.4. The lowest BCUT2D eigenvalue weighted by Crippen LogP contribution is -1.97. The van der Waals surface area contributed by atoms with Gasteiger partial charge in [-0.2, -0.15) is 0 Å². The van der Waals surface area contributed by atoms with Gasteiger partial charge in [-0.1, -0.05) is 0 Å². The lowest BCUT2D eigenvalue weighted by atomic mass is 10.2. The summed E-state index contributed by atoms with van der Waals surface area (Å²) in [6.45, 7) is 0. The Morgan fingerprint density at radius 1 is 0.706 bits per heavy atom. The fourth-order valence-corrected chi connectivity index (χ4v) is 1.40. The highest BCUT2D eigenvalue weighted by atomic mass is 16.5. The number of rotatable bonds is 2. The third kappa shape index (κ3) is 2.34. The first kappa shape index (κ1) is 10.9. The van der Waals surface area contributed by atoms with E-state index in [1.54, 1.807) is 36.4 Å². The normalized spacial score (nSPS) is 10.1. The van der Waals surface area contributed by atoms with Crippen LogP contribution in [-0.2, 0) is 0 Å². The van der Waals surface area contributed by atoms with Crippen molar-refractivity contribution in [1.82, 2.24) is 0 Å². The number of hydrogen-bond acceptors (Lipinski definition) is 5. The fraction of sp³-hybridized carbons (Fsp3) is 0. The molecule has 0 aromatic heterocycles. The minimum absolute atomic E-state index is 0.469. The first-order chi connectivity index (χ1) is 8.06. The summed E-state index contributed by atoms with van der Waals surface area (Å²) in [6, 6.07) is 10.1. The summed E-state index contributed by atoms with van der Waals surface area (Å²) in [4.78, 5) is 0. The highest BCUT2D eigenvalue weighted by Crippen LogP contribution is 2.31. The van der Waals surface area contributed by atoms with Gasteiger partial charge in [-0.05, 0) is 30.3 Å². The zero-order valence-corrected chi connectivity index (χ0v) is 9.18. The maximum atomic E-state index is 5.78. The van der Waals surface area contributed by atoms with Crippen molar-refractivity contribution in [3.63, 3.8) is 0 Å². The number of nitrogens with two attached hydrogens (primary N) is 4. The average molecular weight is 230 g/mol.